The van der Waals surface area contributed by atoms with Crippen molar-refractivity contribution in [3.8, 4) is 0 Å². The van der Waals surface area contributed by atoms with Gasteiger partial charge in [0.1, 0.15) is 6.04 Å². The van der Waals surface area contributed by atoms with Crippen molar-refractivity contribution >= 4 is 41.3 Å². The molecule has 2 aliphatic heterocycles. The standard InChI is InChI=1S/C16H15N3O5S/c1-17-12(21)7-25-10-4-2-3-8-13(10)16(24)19(15(8)23)9-5-6-11(20)18-14(9)22/h2-4,9H,5-7H2,1H3,(H,17,21)(H,18,20,22). The third kappa shape index (κ3) is 3.02. The van der Waals surface area contributed by atoms with Crippen molar-refractivity contribution < 1.29 is 24.0 Å². The first-order valence-corrected chi connectivity index (χ1v) is 8.60. The van der Waals surface area contributed by atoms with E-state index in [1.807, 2.05) is 0 Å². The van der Waals surface area contributed by atoms with Gasteiger partial charge in [0.2, 0.25) is 17.7 Å². The number of hydrogen-bond acceptors (Lipinski definition) is 6. The number of benzene rings is 1. The third-order valence-corrected chi connectivity index (χ3v) is 5.13. The molecule has 0 aliphatic carbocycles. The average Bonchev–Trinajstić information content (AvgIpc) is 2.85. The number of amides is 5. The first-order chi connectivity index (χ1) is 11.9. The summed E-state index contributed by atoms with van der Waals surface area (Å²) in [5.41, 5.74) is 0.405. The number of imide groups is 2. The highest BCUT2D eigenvalue weighted by molar-refractivity contribution is 8.00. The van der Waals surface area contributed by atoms with Gasteiger partial charge in [0, 0.05) is 18.4 Å². The molecule has 1 saturated heterocycles. The first-order valence-electron chi connectivity index (χ1n) is 7.62. The van der Waals surface area contributed by atoms with Gasteiger partial charge < -0.3 is 5.32 Å². The van der Waals surface area contributed by atoms with Crippen molar-refractivity contribution in [2.24, 2.45) is 0 Å². The molecule has 1 fully saturated rings. The maximum Gasteiger partial charge on any atom is 0.263 e. The fraction of sp³-hybridized carbons (Fsp3) is 0.312. The van der Waals surface area contributed by atoms with E-state index in [1.54, 1.807) is 12.1 Å². The number of carbonyl (C=O) groups excluding carboxylic acids is 5. The predicted octanol–water partition coefficient (Wildman–Crippen LogP) is -0.0741. The van der Waals surface area contributed by atoms with Crippen LogP contribution >= 0.6 is 11.8 Å². The van der Waals surface area contributed by atoms with Crippen LogP contribution in [-0.2, 0) is 14.4 Å². The lowest BCUT2D eigenvalue weighted by atomic mass is 10.0. The summed E-state index contributed by atoms with van der Waals surface area (Å²) in [7, 11) is 1.51. The number of hydrogen-bond donors (Lipinski definition) is 2. The van der Waals surface area contributed by atoms with E-state index < -0.39 is 29.7 Å². The maximum absolute atomic E-state index is 12.8. The van der Waals surface area contributed by atoms with Crippen LogP contribution in [0.15, 0.2) is 23.1 Å². The van der Waals surface area contributed by atoms with Gasteiger partial charge in [-0.3, -0.25) is 34.2 Å². The van der Waals surface area contributed by atoms with E-state index in [-0.39, 0.29) is 35.6 Å². The Hall–Kier alpha value is -2.68. The van der Waals surface area contributed by atoms with Crippen LogP contribution in [0.25, 0.3) is 0 Å². The molecule has 3 rings (SSSR count). The van der Waals surface area contributed by atoms with Crippen LogP contribution in [0.5, 0.6) is 0 Å². The predicted molar refractivity (Wildman–Crippen MR) is 87.9 cm³/mol. The summed E-state index contributed by atoms with van der Waals surface area (Å²) in [6, 6.07) is 3.81. The molecule has 0 bridgehead atoms. The fourth-order valence-electron chi connectivity index (χ4n) is 2.82. The van der Waals surface area contributed by atoms with Crippen molar-refractivity contribution in [2.45, 2.75) is 23.8 Å². The molecule has 1 aromatic rings. The van der Waals surface area contributed by atoms with Crippen LogP contribution in [0.1, 0.15) is 33.6 Å². The largest absolute Gasteiger partial charge is 0.358 e. The molecule has 130 valence electrons. The molecule has 8 nitrogen and oxygen atoms in total. The molecule has 0 saturated carbocycles. The highest BCUT2D eigenvalue weighted by Crippen LogP contribution is 2.34. The monoisotopic (exact) mass is 361 g/mol. The molecule has 0 radical (unpaired) electrons. The zero-order chi connectivity index (χ0) is 18.1. The van der Waals surface area contributed by atoms with Crippen LogP contribution < -0.4 is 10.6 Å². The van der Waals surface area contributed by atoms with Gasteiger partial charge >= 0.3 is 0 Å². The summed E-state index contributed by atoms with van der Waals surface area (Å²) in [6.07, 6.45) is 0.180. The van der Waals surface area contributed by atoms with E-state index in [9.17, 15) is 24.0 Å². The minimum atomic E-state index is -0.998. The number of thioether (sulfide) groups is 1. The van der Waals surface area contributed by atoms with Crippen molar-refractivity contribution in [2.75, 3.05) is 12.8 Å². The second-order valence-electron chi connectivity index (χ2n) is 5.59. The summed E-state index contributed by atoms with van der Waals surface area (Å²) in [5.74, 6) is -2.30. The van der Waals surface area contributed by atoms with E-state index in [0.29, 0.717) is 4.90 Å². The van der Waals surface area contributed by atoms with E-state index in [2.05, 4.69) is 10.6 Å². The number of rotatable bonds is 4. The molecule has 1 unspecified atom stereocenters. The average molecular weight is 361 g/mol. The van der Waals surface area contributed by atoms with Gasteiger partial charge in [-0.15, -0.1) is 11.8 Å². The Kier molecular flexibility index (Phi) is 4.58. The van der Waals surface area contributed by atoms with E-state index in [4.69, 9.17) is 0 Å². The van der Waals surface area contributed by atoms with Crippen LogP contribution in [0.2, 0.25) is 0 Å². The van der Waals surface area contributed by atoms with Gasteiger partial charge in [-0.1, -0.05) is 6.07 Å². The third-order valence-electron chi connectivity index (χ3n) is 4.07. The molecular formula is C16H15N3O5S. The number of nitrogens with zero attached hydrogens (tertiary/aromatic N) is 1. The second-order valence-corrected chi connectivity index (χ2v) is 6.60. The quantitative estimate of drug-likeness (QED) is 0.573. The van der Waals surface area contributed by atoms with Crippen LogP contribution in [0, 0.1) is 0 Å². The molecule has 5 amide bonds. The van der Waals surface area contributed by atoms with Gasteiger partial charge in [-0.25, -0.2) is 0 Å². The summed E-state index contributed by atoms with van der Waals surface area (Å²) < 4.78 is 0. The molecule has 2 heterocycles. The Bertz CT molecular complexity index is 807. The smallest absolute Gasteiger partial charge is 0.263 e. The number of carbonyl (C=O) groups is 5. The van der Waals surface area contributed by atoms with E-state index in [1.165, 1.54) is 13.1 Å². The highest BCUT2D eigenvalue weighted by atomic mass is 32.2. The Morgan fingerprint density at radius 1 is 1.28 bits per heavy atom. The van der Waals surface area contributed by atoms with Gasteiger partial charge in [-0.2, -0.15) is 0 Å². The topological polar surface area (TPSA) is 113 Å². The minimum absolute atomic E-state index is 0.0715. The molecule has 25 heavy (non-hydrogen) atoms. The van der Waals surface area contributed by atoms with Gasteiger partial charge in [-0.05, 0) is 18.6 Å². The molecule has 0 spiro atoms. The molecule has 1 aromatic carbocycles. The molecule has 1 atom stereocenters. The number of nitrogens with one attached hydrogen (secondary N) is 2. The normalized spacial score (nSPS) is 19.7. The number of piperidine rings is 1. The lowest BCUT2D eigenvalue weighted by Crippen LogP contribution is -2.54. The highest BCUT2D eigenvalue weighted by Gasteiger charge is 2.45. The van der Waals surface area contributed by atoms with Gasteiger partial charge in [0.05, 0.1) is 16.9 Å². The Morgan fingerprint density at radius 3 is 2.72 bits per heavy atom. The fourth-order valence-corrected chi connectivity index (χ4v) is 3.77. The molecule has 2 aliphatic rings. The number of fused-ring (bicyclic) bond motifs is 1. The van der Waals surface area contributed by atoms with Crippen LogP contribution in [0.3, 0.4) is 0 Å². The van der Waals surface area contributed by atoms with Crippen LogP contribution in [0.4, 0.5) is 0 Å². The lowest BCUT2D eigenvalue weighted by Gasteiger charge is -2.27. The summed E-state index contributed by atoms with van der Waals surface area (Å²) in [6.45, 7) is 0. The Morgan fingerprint density at radius 2 is 2.04 bits per heavy atom. The molecule has 0 aromatic heterocycles. The van der Waals surface area contributed by atoms with Crippen molar-refractivity contribution in [1.82, 2.24) is 15.5 Å². The Labute approximate surface area is 147 Å². The van der Waals surface area contributed by atoms with E-state index >= 15 is 0 Å². The molecular weight excluding hydrogens is 346 g/mol. The SMILES string of the molecule is CNC(=O)CSc1cccc2c1C(=O)N(C1CCC(=O)NC1=O)C2=O. The zero-order valence-corrected chi connectivity index (χ0v) is 14.1. The maximum atomic E-state index is 12.8. The van der Waals surface area contributed by atoms with Gasteiger partial charge in [0.15, 0.2) is 0 Å². The first kappa shape index (κ1) is 17.2. The van der Waals surface area contributed by atoms with Crippen molar-refractivity contribution in [1.29, 1.82) is 0 Å². The summed E-state index contributed by atoms with van der Waals surface area (Å²) in [5, 5.41) is 4.64. The summed E-state index contributed by atoms with van der Waals surface area (Å²) in [4.78, 5) is 61.6. The van der Waals surface area contributed by atoms with Crippen molar-refractivity contribution in [3.05, 3.63) is 29.3 Å². The van der Waals surface area contributed by atoms with E-state index in [0.717, 1.165) is 16.7 Å². The molecule has 2 N–H and O–H groups in total. The minimum Gasteiger partial charge on any atom is -0.358 e. The molecule has 9 heteroatoms. The van der Waals surface area contributed by atoms with Crippen molar-refractivity contribution in [3.63, 3.8) is 0 Å². The summed E-state index contributed by atoms with van der Waals surface area (Å²) >= 11 is 1.15. The Balaban J connectivity index is 1.90. The second kappa shape index (κ2) is 6.67. The van der Waals surface area contributed by atoms with Gasteiger partial charge in [0.25, 0.3) is 11.8 Å². The zero-order valence-electron chi connectivity index (χ0n) is 13.3. The lowest BCUT2D eigenvalue weighted by molar-refractivity contribution is -0.136. The van der Waals surface area contributed by atoms with Crippen LogP contribution in [-0.4, -0.2) is 53.3 Å².